The summed E-state index contributed by atoms with van der Waals surface area (Å²) in [6.07, 6.45) is 0.741. The average molecular weight is 262 g/mol. The molecule has 0 amide bonds. The Morgan fingerprint density at radius 3 is 2.79 bits per heavy atom. The van der Waals surface area contributed by atoms with Gasteiger partial charge in [-0.1, -0.05) is 6.92 Å². The zero-order valence-electron chi connectivity index (χ0n) is 10.8. The summed E-state index contributed by atoms with van der Waals surface area (Å²) in [6, 6.07) is 6.62. The van der Waals surface area contributed by atoms with Crippen LogP contribution < -0.4 is 10.4 Å². The molecule has 0 aliphatic heterocycles. The number of methoxy groups -OCH3 is 1. The van der Waals surface area contributed by atoms with Crippen LogP contribution in [0.3, 0.4) is 0 Å². The standard InChI is InChI=1S/C14H14O5/c1-3-9-6-13(15)19-12-7-10(4-5-11(9)12)18-8-14(16)17-2/h4-7H,3,8H2,1-2H3. The molecule has 0 saturated carbocycles. The normalized spacial score (nSPS) is 10.4. The second-order valence-electron chi connectivity index (χ2n) is 3.97. The highest BCUT2D eigenvalue weighted by Gasteiger charge is 2.07. The molecule has 0 N–H and O–H groups in total. The molecule has 0 bridgehead atoms. The number of rotatable bonds is 4. The SMILES string of the molecule is CCc1cc(=O)oc2cc(OCC(=O)OC)ccc12. The lowest BCUT2D eigenvalue weighted by molar-refractivity contribution is -0.142. The molecule has 0 aliphatic rings. The van der Waals surface area contributed by atoms with Crippen molar-refractivity contribution in [3.8, 4) is 5.75 Å². The zero-order valence-corrected chi connectivity index (χ0v) is 10.8. The Kier molecular flexibility index (Phi) is 3.85. The van der Waals surface area contributed by atoms with Crippen molar-refractivity contribution in [3.63, 3.8) is 0 Å². The highest BCUT2D eigenvalue weighted by Crippen LogP contribution is 2.22. The van der Waals surface area contributed by atoms with E-state index in [0.29, 0.717) is 11.3 Å². The summed E-state index contributed by atoms with van der Waals surface area (Å²) in [4.78, 5) is 22.4. The number of esters is 1. The van der Waals surface area contributed by atoms with E-state index in [1.54, 1.807) is 12.1 Å². The average Bonchev–Trinajstić information content (AvgIpc) is 2.43. The van der Waals surface area contributed by atoms with Crippen LogP contribution in [0, 0.1) is 0 Å². The quantitative estimate of drug-likeness (QED) is 0.622. The van der Waals surface area contributed by atoms with E-state index in [1.807, 2.05) is 13.0 Å². The summed E-state index contributed by atoms with van der Waals surface area (Å²) in [6.45, 7) is 1.79. The maximum Gasteiger partial charge on any atom is 0.343 e. The number of carbonyl (C=O) groups is 1. The first-order valence-corrected chi connectivity index (χ1v) is 5.90. The predicted molar refractivity (Wildman–Crippen MR) is 69.4 cm³/mol. The first kappa shape index (κ1) is 13.1. The molecule has 19 heavy (non-hydrogen) atoms. The van der Waals surface area contributed by atoms with Crippen LogP contribution in [0.2, 0.25) is 0 Å². The van der Waals surface area contributed by atoms with E-state index in [0.717, 1.165) is 17.4 Å². The fraction of sp³-hybridized carbons (Fsp3) is 0.286. The third-order valence-corrected chi connectivity index (χ3v) is 2.77. The summed E-state index contributed by atoms with van der Waals surface area (Å²) in [7, 11) is 1.29. The number of benzene rings is 1. The van der Waals surface area contributed by atoms with Crippen molar-refractivity contribution >= 4 is 16.9 Å². The largest absolute Gasteiger partial charge is 0.482 e. The molecule has 1 aromatic carbocycles. The van der Waals surface area contributed by atoms with E-state index in [9.17, 15) is 9.59 Å². The Labute approximate surface area is 109 Å². The number of hydrogen-bond donors (Lipinski definition) is 0. The van der Waals surface area contributed by atoms with E-state index in [4.69, 9.17) is 9.15 Å². The first-order chi connectivity index (χ1) is 9.13. The molecule has 5 nitrogen and oxygen atoms in total. The van der Waals surface area contributed by atoms with Crippen molar-refractivity contribution < 1.29 is 18.7 Å². The highest BCUT2D eigenvalue weighted by atomic mass is 16.6. The molecule has 100 valence electrons. The lowest BCUT2D eigenvalue weighted by Gasteiger charge is -2.07. The first-order valence-electron chi connectivity index (χ1n) is 5.90. The van der Waals surface area contributed by atoms with Gasteiger partial charge in [-0.05, 0) is 24.1 Å². The van der Waals surface area contributed by atoms with Gasteiger partial charge >= 0.3 is 11.6 Å². The van der Waals surface area contributed by atoms with Gasteiger partial charge in [-0.15, -0.1) is 0 Å². The maximum atomic E-state index is 11.4. The van der Waals surface area contributed by atoms with E-state index < -0.39 is 11.6 Å². The Morgan fingerprint density at radius 1 is 1.32 bits per heavy atom. The van der Waals surface area contributed by atoms with Gasteiger partial charge in [0.25, 0.3) is 0 Å². The fourth-order valence-corrected chi connectivity index (χ4v) is 1.79. The second-order valence-corrected chi connectivity index (χ2v) is 3.97. The lowest BCUT2D eigenvalue weighted by atomic mass is 10.1. The minimum absolute atomic E-state index is 0.181. The van der Waals surface area contributed by atoms with Crippen LogP contribution in [-0.2, 0) is 16.0 Å². The van der Waals surface area contributed by atoms with Gasteiger partial charge in [-0.2, -0.15) is 0 Å². The lowest BCUT2D eigenvalue weighted by Crippen LogP contribution is -2.12. The molecule has 0 spiro atoms. The van der Waals surface area contributed by atoms with Crippen LogP contribution in [0.1, 0.15) is 12.5 Å². The van der Waals surface area contributed by atoms with E-state index in [1.165, 1.54) is 13.2 Å². The van der Waals surface area contributed by atoms with Gasteiger partial charge < -0.3 is 13.9 Å². The second kappa shape index (κ2) is 5.56. The van der Waals surface area contributed by atoms with Gasteiger partial charge in [-0.25, -0.2) is 9.59 Å². The van der Waals surface area contributed by atoms with Crippen molar-refractivity contribution in [3.05, 3.63) is 40.2 Å². The molecule has 0 atom stereocenters. The van der Waals surface area contributed by atoms with E-state index in [2.05, 4.69) is 4.74 Å². The minimum Gasteiger partial charge on any atom is -0.482 e. The molecule has 1 heterocycles. The van der Waals surface area contributed by atoms with Crippen molar-refractivity contribution in [2.75, 3.05) is 13.7 Å². The van der Waals surface area contributed by atoms with Crippen molar-refractivity contribution in [2.24, 2.45) is 0 Å². The molecule has 2 rings (SSSR count). The van der Waals surface area contributed by atoms with Crippen molar-refractivity contribution in [1.82, 2.24) is 0 Å². The summed E-state index contributed by atoms with van der Waals surface area (Å²) < 4.78 is 14.8. The van der Waals surface area contributed by atoms with E-state index >= 15 is 0 Å². The van der Waals surface area contributed by atoms with Crippen LogP contribution in [0.5, 0.6) is 5.75 Å². The number of hydrogen-bond acceptors (Lipinski definition) is 5. The monoisotopic (exact) mass is 262 g/mol. The maximum absolute atomic E-state index is 11.4. The van der Waals surface area contributed by atoms with Crippen molar-refractivity contribution in [2.45, 2.75) is 13.3 Å². The third kappa shape index (κ3) is 2.93. The molecule has 0 radical (unpaired) electrons. The number of ether oxygens (including phenoxy) is 2. The van der Waals surface area contributed by atoms with Gasteiger partial charge in [-0.3, -0.25) is 0 Å². The van der Waals surface area contributed by atoms with Crippen LogP contribution in [0.4, 0.5) is 0 Å². The van der Waals surface area contributed by atoms with E-state index in [-0.39, 0.29) is 6.61 Å². The van der Waals surface area contributed by atoms with Gasteiger partial charge in [0.15, 0.2) is 6.61 Å². The third-order valence-electron chi connectivity index (χ3n) is 2.77. The number of aryl methyl sites for hydroxylation is 1. The molecular weight excluding hydrogens is 248 g/mol. The number of fused-ring (bicyclic) bond motifs is 1. The molecule has 0 saturated heterocycles. The molecule has 0 aliphatic carbocycles. The Morgan fingerprint density at radius 2 is 2.11 bits per heavy atom. The van der Waals surface area contributed by atoms with Gasteiger partial charge in [0.05, 0.1) is 7.11 Å². The van der Waals surface area contributed by atoms with Crippen molar-refractivity contribution in [1.29, 1.82) is 0 Å². The van der Waals surface area contributed by atoms with Gasteiger partial charge in [0.1, 0.15) is 11.3 Å². The smallest absolute Gasteiger partial charge is 0.343 e. The Hall–Kier alpha value is -2.30. The summed E-state index contributed by atoms with van der Waals surface area (Å²) in [5, 5.41) is 0.868. The number of carbonyl (C=O) groups excluding carboxylic acids is 1. The summed E-state index contributed by atoms with van der Waals surface area (Å²) in [5.41, 5.74) is 0.979. The summed E-state index contributed by atoms with van der Waals surface area (Å²) >= 11 is 0. The van der Waals surface area contributed by atoms with Crippen LogP contribution in [-0.4, -0.2) is 19.7 Å². The molecule has 2 aromatic rings. The molecular formula is C14H14O5. The predicted octanol–water partition coefficient (Wildman–Crippen LogP) is 1.91. The zero-order chi connectivity index (χ0) is 13.8. The highest BCUT2D eigenvalue weighted by molar-refractivity contribution is 5.81. The van der Waals surface area contributed by atoms with Gasteiger partial charge in [0, 0.05) is 17.5 Å². The van der Waals surface area contributed by atoms with Gasteiger partial charge in [0.2, 0.25) is 0 Å². The molecule has 0 unspecified atom stereocenters. The summed E-state index contributed by atoms with van der Waals surface area (Å²) in [5.74, 6) is -0.0156. The van der Waals surface area contributed by atoms with Crippen LogP contribution >= 0.6 is 0 Å². The Bertz CT molecular complexity index is 656. The van der Waals surface area contributed by atoms with Crippen LogP contribution in [0.15, 0.2) is 33.5 Å². The Balaban J connectivity index is 2.35. The molecule has 1 aromatic heterocycles. The minimum atomic E-state index is -0.469. The fourth-order valence-electron chi connectivity index (χ4n) is 1.79. The molecule has 5 heteroatoms. The topological polar surface area (TPSA) is 65.7 Å². The van der Waals surface area contributed by atoms with Crippen LogP contribution in [0.25, 0.3) is 11.0 Å². The molecule has 0 fully saturated rings.